The lowest BCUT2D eigenvalue weighted by molar-refractivity contribution is -0.118. The number of hydrogen-bond acceptors (Lipinski definition) is 4. The minimum Gasteiger partial charge on any atom is -0.354 e. The van der Waals surface area contributed by atoms with E-state index in [9.17, 15) is 14.0 Å². The number of carbonyl (C=O) groups is 1. The Morgan fingerprint density at radius 3 is 2.88 bits per heavy atom. The summed E-state index contributed by atoms with van der Waals surface area (Å²) < 4.78 is 16.6. The van der Waals surface area contributed by atoms with E-state index in [1.165, 1.54) is 30.1 Å². The van der Waals surface area contributed by atoms with Gasteiger partial charge in [-0.1, -0.05) is 18.2 Å². The predicted molar refractivity (Wildman–Crippen MR) is 86.0 cm³/mol. The smallest absolute Gasteiger partial charge is 0.264 e. The lowest BCUT2D eigenvalue weighted by atomic mass is 10.2. The first-order chi connectivity index (χ1) is 11.6. The van der Waals surface area contributed by atoms with Crippen LogP contribution in [0, 0.1) is 5.82 Å². The van der Waals surface area contributed by atoms with E-state index in [1.807, 2.05) is 0 Å². The molecule has 24 heavy (non-hydrogen) atoms. The van der Waals surface area contributed by atoms with Gasteiger partial charge in [0.25, 0.3) is 5.56 Å². The fourth-order valence-electron chi connectivity index (χ4n) is 2.42. The first-order valence-electron chi connectivity index (χ1n) is 7.45. The van der Waals surface area contributed by atoms with Gasteiger partial charge >= 0.3 is 0 Å². The Bertz CT molecular complexity index is 947. The summed E-state index contributed by atoms with van der Waals surface area (Å²) in [5.41, 5.74) is 0.572. The number of fused-ring (bicyclic) bond motifs is 1. The Balaban J connectivity index is 1.88. The third-order valence-electron chi connectivity index (χ3n) is 3.62. The number of hydrogen-bond donors (Lipinski definition) is 1. The molecular weight excluding hydrogens is 313 g/mol. The van der Waals surface area contributed by atoms with Crippen LogP contribution in [0.1, 0.15) is 12.5 Å². The highest BCUT2D eigenvalue weighted by Gasteiger charge is 2.11. The summed E-state index contributed by atoms with van der Waals surface area (Å²) in [4.78, 5) is 27.7. The molecule has 0 saturated carbocycles. The minimum absolute atomic E-state index is 0.103. The van der Waals surface area contributed by atoms with E-state index in [4.69, 9.17) is 0 Å². The van der Waals surface area contributed by atoms with Crippen molar-refractivity contribution in [3.63, 3.8) is 0 Å². The first-order valence-corrected chi connectivity index (χ1v) is 7.45. The van der Waals surface area contributed by atoms with E-state index in [-0.39, 0.29) is 23.8 Å². The number of nitrogens with zero attached hydrogens (tertiary/aromatic N) is 4. The molecule has 124 valence electrons. The standard InChI is InChI=1S/C16H16FN5O2/c1-11(23)18-6-7-22-15-13(8-20-22)16(24)21(10-19-15)9-12-4-2-3-5-14(12)17/h2-5,8,10H,6-7,9H2,1H3,(H,18,23). The van der Waals surface area contributed by atoms with Crippen molar-refractivity contribution in [1.29, 1.82) is 0 Å². The molecule has 7 nitrogen and oxygen atoms in total. The second kappa shape index (κ2) is 6.61. The van der Waals surface area contributed by atoms with Crippen LogP contribution in [-0.2, 0) is 17.9 Å². The van der Waals surface area contributed by atoms with Crippen LogP contribution < -0.4 is 10.9 Å². The molecule has 0 aliphatic carbocycles. The highest BCUT2D eigenvalue weighted by Crippen LogP contribution is 2.09. The molecule has 0 unspecified atom stereocenters. The summed E-state index contributed by atoms with van der Waals surface area (Å²) in [6.07, 6.45) is 2.82. The topological polar surface area (TPSA) is 81.8 Å². The van der Waals surface area contributed by atoms with Crippen LogP contribution in [0.3, 0.4) is 0 Å². The molecule has 8 heteroatoms. The lowest BCUT2D eigenvalue weighted by Crippen LogP contribution is -2.25. The molecule has 1 N–H and O–H groups in total. The van der Waals surface area contributed by atoms with Crippen LogP contribution in [0.5, 0.6) is 0 Å². The summed E-state index contributed by atoms with van der Waals surface area (Å²) >= 11 is 0. The van der Waals surface area contributed by atoms with E-state index in [0.717, 1.165) is 0 Å². The fourth-order valence-corrected chi connectivity index (χ4v) is 2.42. The average molecular weight is 329 g/mol. The molecular formula is C16H16FN5O2. The van der Waals surface area contributed by atoms with Crippen molar-refractivity contribution in [2.75, 3.05) is 6.54 Å². The van der Waals surface area contributed by atoms with Crippen molar-refractivity contribution in [2.45, 2.75) is 20.0 Å². The van der Waals surface area contributed by atoms with Crippen molar-refractivity contribution in [3.05, 3.63) is 58.5 Å². The van der Waals surface area contributed by atoms with Gasteiger partial charge in [-0.15, -0.1) is 0 Å². The molecule has 3 rings (SSSR count). The van der Waals surface area contributed by atoms with Crippen LogP contribution in [0.25, 0.3) is 11.0 Å². The van der Waals surface area contributed by atoms with Crippen LogP contribution in [-0.4, -0.2) is 31.8 Å². The van der Waals surface area contributed by atoms with Gasteiger partial charge in [0.2, 0.25) is 5.91 Å². The zero-order chi connectivity index (χ0) is 17.1. The Kier molecular flexibility index (Phi) is 4.37. The van der Waals surface area contributed by atoms with Gasteiger partial charge in [0.15, 0.2) is 5.65 Å². The van der Waals surface area contributed by atoms with Gasteiger partial charge in [-0.3, -0.25) is 14.2 Å². The molecule has 1 amide bonds. The van der Waals surface area contributed by atoms with Crippen molar-refractivity contribution >= 4 is 16.9 Å². The molecule has 0 spiro atoms. The second-order valence-corrected chi connectivity index (χ2v) is 5.36. The van der Waals surface area contributed by atoms with Crippen molar-refractivity contribution in [3.8, 4) is 0 Å². The maximum Gasteiger partial charge on any atom is 0.264 e. The lowest BCUT2D eigenvalue weighted by Gasteiger charge is -2.07. The molecule has 2 aromatic heterocycles. The monoisotopic (exact) mass is 329 g/mol. The van der Waals surface area contributed by atoms with Crippen LogP contribution in [0.4, 0.5) is 4.39 Å². The molecule has 0 aliphatic heterocycles. The van der Waals surface area contributed by atoms with Gasteiger partial charge in [0, 0.05) is 19.0 Å². The Morgan fingerprint density at radius 2 is 2.12 bits per heavy atom. The van der Waals surface area contributed by atoms with E-state index in [1.54, 1.807) is 22.9 Å². The van der Waals surface area contributed by atoms with Crippen LogP contribution in [0.2, 0.25) is 0 Å². The second-order valence-electron chi connectivity index (χ2n) is 5.36. The van der Waals surface area contributed by atoms with Gasteiger partial charge in [0.1, 0.15) is 17.5 Å². The number of benzene rings is 1. The molecule has 0 saturated heterocycles. The minimum atomic E-state index is -0.365. The predicted octanol–water partition coefficient (Wildman–Crippen LogP) is 0.916. The van der Waals surface area contributed by atoms with E-state index >= 15 is 0 Å². The van der Waals surface area contributed by atoms with Gasteiger partial charge in [-0.2, -0.15) is 5.10 Å². The Morgan fingerprint density at radius 1 is 1.33 bits per heavy atom. The van der Waals surface area contributed by atoms with Gasteiger partial charge in [-0.05, 0) is 6.07 Å². The molecule has 0 fully saturated rings. The highest BCUT2D eigenvalue weighted by atomic mass is 19.1. The third kappa shape index (κ3) is 3.17. The summed E-state index contributed by atoms with van der Waals surface area (Å²) in [6, 6.07) is 6.30. The Labute approximate surface area is 136 Å². The average Bonchev–Trinajstić information content (AvgIpc) is 2.96. The zero-order valence-corrected chi connectivity index (χ0v) is 13.1. The molecule has 0 atom stereocenters. The molecule has 0 radical (unpaired) electrons. The molecule has 2 heterocycles. The number of halogens is 1. The fraction of sp³-hybridized carbons (Fsp3) is 0.250. The number of carbonyl (C=O) groups excluding carboxylic acids is 1. The first kappa shape index (κ1) is 15.9. The van der Waals surface area contributed by atoms with Crippen LogP contribution >= 0.6 is 0 Å². The van der Waals surface area contributed by atoms with Gasteiger partial charge < -0.3 is 5.32 Å². The van der Waals surface area contributed by atoms with Gasteiger partial charge in [-0.25, -0.2) is 14.1 Å². The van der Waals surface area contributed by atoms with E-state index in [0.29, 0.717) is 29.7 Å². The summed E-state index contributed by atoms with van der Waals surface area (Å²) in [7, 11) is 0. The number of aromatic nitrogens is 4. The maximum atomic E-state index is 13.7. The maximum absolute atomic E-state index is 13.7. The number of nitrogens with one attached hydrogen (secondary N) is 1. The van der Waals surface area contributed by atoms with E-state index in [2.05, 4.69) is 15.4 Å². The molecule has 1 aromatic carbocycles. The molecule has 3 aromatic rings. The van der Waals surface area contributed by atoms with Crippen LogP contribution in [0.15, 0.2) is 41.6 Å². The summed E-state index contributed by atoms with van der Waals surface area (Å²) in [5, 5.41) is 7.15. The molecule has 0 bridgehead atoms. The number of amides is 1. The summed E-state index contributed by atoms with van der Waals surface area (Å²) in [5.74, 6) is -0.498. The summed E-state index contributed by atoms with van der Waals surface area (Å²) in [6.45, 7) is 2.34. The van der Waals surface area contributed by atoms with Crippen molar-refractivity contribution in [2.24, 2.45) is 0 Å². The molecule has 0 aliphatic rings. The zero-order valence-electron chi connectivity index (χ0n) is 13.1. The largest absolute Gasteiger partial charge is 0.354 e. The quantitative estimate of drug-likeness (QED) is 0.754. The van der Waals surface area contributed by atoms with Gasteiger partial charge in [0.05, 0.1) is 19.3 Å². The highest BCUT2D eigenvalue weighted by molar-refractivity contribution is 5.73. The third-order valence-corrected chi connectivity index (χ3v) is 3.62. The van der Waals surface area contributed by atoms with Crippen molar-refractivity contribution in [1.82, 2.24) is 24.6 Å². The Hall–Kier alpha value is -3.03. The van der Waals surface area contributed by atoms with Crippen molar-refractivity contribution < 1.29 is 9.18 Å². The SMILES string of the molecule is CC(=O)NCCn1ncc2c(=O)n(Cc3ccccc3F)cnc21. The normalized spacial score (nSPS) is 10.9. The number of rotatable bonds is 5. The van der Waals surface area contributed by atoms with E-state index < -0.39 is 0 Å².